The van der Waals surface area contributed by atoms with Crippen LogP contribution in [0.4, 0.5) is 18.9 Å². The zero-order valence-corrected chi connectivity index (χ0v) is 20.1. The Hall–Kier alpha value is -2.76. The molecule has 190 valence electrons. The number of nitrogens with zero attached hydrogens (tertiary/aromatic N) is 3. The second-order valence-corrected chi connectivity index (χ2v) is 10.1. The number of anilines is 1. The molecule has 2 heterocycles. The Morgan fingerprint density at radius 1 is 1.06 bits per heavy atom. The van der Waals surface area contributed by atoms with Gasteiger partial charge in [0.2, 0.25) is 11.8 Å². The van der Waals surface area contributed by atoms with Crippen LogP contribution in [0.5, 0.6) is 0 Å². The number of amides is 2. The number of rotatable bonds is 4. The summed E-state index contributed by atoms with van der Waals surface area (Å²) in [4.78, 5) is 29.5. The molecule has 2 atom stereocenters. The van der Waals surface area contributed by atoms with E-state index in [1.54, 1.807) is 13.1 Å². The highest BCUT2D eigenvalue weighted by molar-refractivity contribution is 5.80. The Kier molecular flexibility index (Phi) is 7.58. The number of hydrogen-bond acceptors (Lipinski definition) is 4. The number of carbonyl (C=O) groups excluding carboxylic acids is 2. The normalized spacial score (nSPS) is 24.3. The number of likely N-dealkylation sites (tertiary alicyclic amines) is 1. The molecule has 0 aromatic heterocycles. The van der Waals surface area contributed by atoms with Gasteiger partial charge in [-0.05, 0) is 55.7 Å². The van der Waals surface area contributed by atoms with Gasteiger partial charge in [-0.1, -0.05) is 19.3 Å². The van der Waals surface area contributed by atoms with E-state index >= 15 is 0 Å². The van der Waals surface area contributed by atoms with Crippen LogP contribution < -0.4 is 10.2 Å². The monoisotopic (exact) mass is 490 g/mol. The lowest BCUT2D eigenvalue weighted by molar-refractivity contribution is -0.139. The van der Waals surface area contributed by atoms with Crippen molar-refractivity contribution >= 4 is 17.5 Å². The van der Waals surface area contributed by atoms with Crippen LogP contribution in [0.2, 0.25) is 0 Å². The van der Waals surface area contributed by atoms with Crippen molar-refractivity contribution in [3.63, 3.8) is 0 Å². The highest BCUT2D eigenvalue weighted by atomic mass is 19.4. The molecule has 1 aromatic rings. The van der Waals surface area contributed by atoms with Crippen molar-refractivity contribution in [2.75, 3.05) is 38.1 Å². The van der Waals surface area contributed by atoms with Crippen molar-refractivity contribution in [3.8, 4) is 6.07 Å². The molecule has 0 radical (unpaired) electrons. The van der Waals surface area contributed by atoms with Crippen molar-refractivity contribution in [3.05, 3.63) is 29.3 Å². The molecule has 0 spiro atoms. The molecule has 2 saturated heterocycles. The molecule has 1 saturated carbocycles. The van der Waals surface area contributed by atoms with Crippen molar-refractivity contribution < 1.29 is 22.8 Å². The smallest absolute Gasteiger partial charge is 0.370 e. The van der Waals surface area contributed by atoms with Crippen LogP contribution in [0, 0.1) is 35.0 Å². The molecule has 0 unspecified atom stereocenters. The number of benzene rings is 1. The fourth-order valence-electron chi connectivity index (χ4n) is 6.20. The first-order valence-corrected chi connectivity index (χ1v) is 12.6. The summed E-state index contributed by atoms with van der Waals surface area (Å²) < 4.78 is 40.5. The zero-order valence-electron chi connectivity index (χ0n) is 20.1. The molecule has 9 heteroatoms. The minimum atomic E-state index is -4.63. The Labute approximate surface area is 204 Å². The number of halogens is 3. The summed E-state index contributed by atoms with van der Waals surface area (Å²) in [6.07, 6.45) is 2.34. The van der Waals surface area contributed by atoms with E-state index in [0.29, 0.717) is 31.9 Å². The predicted octanol–water partition coefficient (Wildman–Crippen LogP) is 4.19. The molecular formula is C26H33F3N4O2. The minimum absolute atomic E-state index is 0.00753. The van der Waals surface area contributed by atoms with Crippen LogP contribution in [0.15, 0.2) is 18.2 Å². The second kappa shape index (κ2) is 10.5. The number of alkyl halides is 3. The molecule has 3 aliphatic rings. The first-order chi connectivity index (χ1) is 16.7. The Balaban J connectivity index is 1.47. The van der Waals surface area contributed by atoms with Gasteiger partial charge >= 0.3 is 6.18 Å². The Morgan fingerprint density at radius 2 is 1.74 bits per heavy atom. The SMILES string of the molecule is CNC(=O)[C@@H]1CN(c2ccc(C#N)c(C(F)(F)F)c2)C[C@H]1C1CCN(C(=O)C2CCCCC2)CC1. The van der Waals surface area contributed by atoms with E-state index in [0.717, 1.165) is 44.6 Å². The first-order valence-electron chi connectivity index (χ1n) is 12.6. The summed E-state index contributed by atoms with van der Waals surface area (Å²) in [6.45, 7) is 2.15. The number of carbonyl (C=O) groups is 2. The number of nitrogens with one attached hydrogen (secondary N) is 1. The van der Waals surface area contributed by atoms with Crippen LogP contribution in [-0.2, 0) is 15.8 Å². The standard InChI is InChI=1S/C26H33F3N4O2/c1-31-24(34)22-16-33(20-8-7-19(14-30)23(13-20)26(27,28)29)15-21(22)17-9-11-32(12-10-17)25(35)18-5-3-2-4-6-18/h7-8,13,17-18,21-22H,2-6,9-12,15-16H2,1H3,(H,31,34)/t21-,22+/m0/s1. The van der Waals surface area contributed by atoms with E-state index < -0.39 is 17.3 Å². The van der Waals surface area contributed by atoms with Gasteiger partial charge in [0.05, 0.1) is 23.1 Å². The van der Waals surface area contributed by atoms with Gasteiger partial charge in [0.25, 0.3) is 0 Å². The molecule has 1 aromatic carbocycles. The van der Waals surface area contributed by atoms with Crippen LogP contribution in [0.1, 0.15) is 56.1 Å². The molecule has 1 aliphatic carbocycles. The summed E-state index contributed by atoms with van der Waals surface area (Å²) in [5, 5.41) is 11.8. The van der Waals surface area contributed by atoms with Crippen molar-refractivity contribution in [2.45, 2.75) is 51.1 Å². The fraction of sp³-hybridized carbons (Fsp3) is 0.654. The largest absolute Gasteiger partial charge is 0.417 e. The molecule has 0 bridgehead atoms. The zero-order chi connectivity index (χ0) is 25.2. The third-order valence-electron chi connectivity index (χ3n) is 8.15. The van der Waals surface area contributed by atoms with Gasteiger partial charge in [-0.2, -0.15) is 18.4 Å². The summed E-state index contributed by atoms with van der Waals surface area (Å²) in [6, 6.07) is 5.37. The molecular weight excluding hydrogens is 457 g/mol. The molecule has 6 nitrogen and oxygen atoms in total. The van der Waals surface area contributed by atoms with Gasteiger partial charge in [0.1, 0.15) is 0 Å². The summed E-state index contributed by atoms with van der Waals surface area (Å²) >= 11 is 0. The van der Waals surface area contributed by atoms with E-state index in [2.05, 4.69) is 5.32 Å². The summed E-state index contributed by atoms with van der Waals surface area (Å²) in [7, 11) is 1.58. The third kappa shape index (κ3) is 5.41. The van der Waals surface area contributed by atoms with Crippen LogP contribution in [-0.4, -0.2) is 49.9 Å². The average molecular weight is 491 g/mol. The lowest BCUT2D eigenvalue weighted by Gasteiger charge is -2.38. The fourth-order valence-corrected chi connectivity index (χ4v) is 6.20. The van der Waals surface area contributed by atoms with E-state index in [-0.39, 0.29) is 35.5 Å². The first kappa shape index (κ1) is 25.3. The second-order valence-electron chi connectivity index (χ2n) is 10.1. The van der Waals surface area contributed by atoms with Gasteiger partial charge in [-0.25, -0.2) is 0 Å². The Bertz CT molecular complexity index is 976. The van der Waals surface area contributed by atoms with Crippen molar-refractivity contribution in [2.24, 2.45) is 23.7 Å². The lowest BCUT2D eigenvalue weighted by Crippen LogP contribution is -2.45. The lowest BCUT2D eigenvalue weighted by atomic mass is 9.77. The number of hydrogen-bond donors (Lipinski definition) is 1. The van der Waals surface area contributed by atoms with Gasteiger partial charge in [-0.15, -0.1) is 0 Å². The highest BCUT2D eigenvalue weighted by Crippen LogP contribution is 2.40. The molecule has 1 N–H and O–H groups in total. The molecule has 2 amide bonds. The maximum atomic E-state index is 13.5. The molecule has 4 rings (SSSR count). The number of piperidine rings is 1. The van der Waals surface area contributed by atoms with Gasteiger partial charge in [-0.3, -0.25) is 9.59 Å². The van der Waals surface area contributed by atoms with E-state index in [9.17, 15) is 22.8 Å². The van der Waals surface area contributed by atoms with Gasteiger partial charge in [0.15, 0.2) is 0 Å². The van der Waals surface area contributed by atoms with Crippen molar-refractivity contribution in [1.29, 1.82) is 5.26 Å². The highest BCUT2D eigenvalue weighted by Gasteiger charge is 2.44. The number of nitriles is 1. The maximum Gasteiger partial charge on any atom is 0.417 e. The molecule has 2 aliphatic heterocycles. The summed E-state index contributed by atoms with van der Waals surface area (Å²) in [5.41, 5.74) is -0.987. The Morgan fingerprint density at radius 3 is 2.34 bits per heavy atom. The summed E-state index contributed by atoms with van der Waals surface area (Å²) in [5.74, 6) is 0.167. The van der Waals surface area contributed by atoms with E-state index in [1.165, 1.54) is 18.6 Å². The van der Waals surface area contributed by atoms with E-state index in [4.69, 9.17) is 5.26 Å². The van der Waals surface area contributed by atoms with Crippen LogP contribution in [0.25, 0.3) is 0 Å². The minimum Gasteiger partial charge on any atom is -0.370 e. The quantitative estimate of drug-likeness (QED) is 0.687. The van der Waals surface area contributed by atoms with Gasteiger partial charge in [0, 0.05) is 44.8 Å². The third-order valence-corrected chi connectivity index (χ3v) is 8.15. The predicted molar refractivity (Wildman–Crippen MR) is 125 cm³/mol. The molecule has 3 fully saturated rings. The maximum absolute atomic E-state index is 13.5. The van der Waals surface area contributed by atoms with Crippen molar-refractivity contribution in [1.82, 2.24) is 10.2 Å². The van der Waals surface area contributed by atoms with E-state index in [1.807, 2.05) is 9.80 Å². The van der Waals surface area contributed by atoms with Gasteiger partial charge < -0.3 is 15.1 Å². The van der Waals surface area contributed by atoms with Crippen LogP contribution >= 0.6 is 0 Å². The average Bonchev–Trinajstić information content (AvgIpc) is 3.33. The molecule has 35 heavy (non-hydrogen) atoms. The van der Waals surface area contributed by atoms with Crippen LogP contribution in [0.3, 0.4) is 0 Å². The topological polar surface area (TPSA) is 76.4 Å².